The van der Waals surface area contributed by atoms with Gasteiger partial charge in [-0.05, 0) is 79.4 Å². The van der Waals surface area contributed by atoms with Gasteiger partial charge in [0, 0.05) is 29.2 Å². The van der Waals surface area contributed by atoms with Gasteiger partial charge in [0.05, 0.1) is 17.0 Å². The summed E-state index contributed by atoms with van der Waals surface area (Å²) in [6.45, 7) is 3.23. The van der Waals surface area contributed by atoms with Gasteiger partial charge in [-0.2, -0.15) is 0 Å². The SMILES string of the molecule is O=C(O)CCc1cccc(C(Nc2ccc(CN3CCCC3)cc2)=C2C(=O)Nc3cc(Cl)ccc32)c1. The first kappa shape index (κ1) is 24.1. The number of nitrogens with zero attached hydrogens (tertiary/aromatic N) is 1. The number of halogens is 1. The van der Waals surface area contributed by atoms with Crippen molar-refractivity contribution in [2.45, 2.75) is 32.2 Å². The molecule has 3 aromatic rings. The molecule has 1 fully saturated rings. The molecular weight excluding hydrogens is 474 g/mol. The topological polar surface area (TPSA) is 81.7 Å². The van der Waals surface area contributed by atoms with E-state index in [1.54, 1.807) is 12.1 Å². The van der Waals surface area contributed by atoms with Crippen molar-refractivity contribution in [3.05, 3.63) is 94.0 Å². The number of carbonyl (C=O) groups is 2. The predicted octanol–water partition coefficient (Wildman–Crippen LogP) is 5.89. The zero-order valence-corrected chi connectivity index (χ0v) is 20.6. The van der Waals surface area contributed by atoms with Gasteiger partial charge in [0.1, 0.15) is 0 Å². The van der Waals surface area contributed by atoms with Crippen LogP contribution >= 0.6 is 11.6 Å². The number of anilines is 2. The van der Waals surface area contributed by atoms with Gasteiger partial charge in [-0.15, -0.1) is 0 Å². The van der Waals surface area contributed by atoms with Crippen molar-refractivity contribution in [3.63, 3.8) is 0 Å². The first-order valence-electron chi connectivity index (χ1n) is 12.2. The Kier molecular flexibility index (Phi) is 7.07. The van der Waals surface area contributed by atoms with Gasteiger partial charge >= 0.3 is 5.97 Å². The Labute approximate surface area is 215 Å². The van der Waals surface area contributed by atoms with Gasteiger partial charge in [0.25, 0.3) is 5.91 Å². The summed E-state index contributed by atoms with van der Waals surface area (Å²) in [5.74, 6) is -1.05. The quantitative estimate of drug-likeness (QED) is 0.335. The van der Waals surface area contributed by atoms with Crippen LogP contribution in [-0.2, 0) is 22.6 Å². The molecule has 5 rings (SSSR count). The summed E-state index contributed by atoms with van der Waals surface area (Å²) in [5, 5.41) is 16.1. The van der Waals surface area contributed by atoms with Crippen LogP contribution in [0, 0.1) is 0 Å². The average molecular weight is 502 g/mol. The summed E-state index contributed by atoms with van der Waals surface area (Å²) in [5.41, 5.74) is 6.46. The van der Waals surface area contributed by atoms with E-state index in [4.69, 9.17) is 16.7 Å². The van der Waals surface area contributed by atoms with Crippen LogP contribution in [0.3, 0.4) is 0 Å². The highest BCUT2D eigenvalue weighted by molar-refractivity contribution is 6.38. The van der Waals surface area contributed by atoms with Gasteiger partial charge in [-0.25, -0.2) is 0 Å². The van der Waals surface area contributed by atoms with Crippen LogP contribution in [0.25, 0.3) is 11.3 Å². The summed E-state index contributed by atoms with van der Waals surface area (Å²) in [6.07, 6.45) is 2.98. The number of hydrogen-bond acceptors (Lipinski definition) is 4. The molecule has 2 aliphatic heterocycles. The van der Waals surface area contributed by atoms with E-state index in [-0.39, 0.29) is 12.3 Å². The highest BCUT2D eigenvalue weighted by Gasteiger charge is 2.28. The van der Waals surface area contributed by atoms with Crippen LogP contribution in [-0.4, -0.2) is 35.0 Å². The fraction of sp³-hybridized carbons (Fsp3) is 0.241. The fourth-order valence-electron chi connectivity index (χ4n) is 4.84. The maximum Gasteiger partial charge on any atom is 0.303 e. The minimum absolute atomic E-state index is 0.0447. The van der Waals surface area contributed by atoms with E-state index in [1.165, 1.54) is 18.4 Å². The predicted molar refractivity (Wildman–Crippen MR) is 144 cm³/mol. The molecule has 1 saturated heterocycles. The molecule has 3 aromatic carbocycles. The van der Waals surface area contributed by atoms with E-state index < -0.39 is 5.97 Å². The minimum atomic E-state index is -0.841. The number of hydrogen-bond donors (Lipinski definition) is 3. The molecule has 184 valence electrons. The van der Waals surface area contributed by atoms with E-state index in [2.05, 4.69) is 27.7 Å². The van der Waals surface area contributed by atoms with Gasteiger partial charge in [0.2, 0.25) is 0 Å². The molecule has 0 atom stereocenters. The second-order valence-corrected chi connectivity index (χ2v) is 9.73. The van der Waals surface area contributed by atoms with Crippen LogP contribution in [0.1, 0.15) is 41.5 Å². The molecule has 0 radical (unpaired) electrons. The molecular formula is C29H28ClN3O3. The zero-order valence-electron chi connectivity index (χ0n) is 19.9. The van der Waals surface area contributed by atoms with Crippen molar-refractivity contribution in [3.8, 4) is 0 Å². The van der Waals surface area contributed by atoms with E-state index in [1.807, 2.05) is 42.5 Å². The molecule has 0 bridgehead atoms. The van der Waals surface area contributed by atoms with Crippen molar-refractivity contribution in [1.29, 1.82) is 0 Å². The number of likely N-dealkylation sites (tertiary alicyclic amines) is 1. The number of carbonyl (C=O) groups excluding carboxylic acids is 1. The maximum absolute atomic E-state index is 13.2. The Bertz CT molecular complexity index is 1330. The molecule has 0 spiro atoms. The van der Waals surface area contributed by atoms with Crippen LogP contribution in [0.15, 0.2) is 66.7 Å². The molecule has 3 N–H and O–H groups in total. The molecule has 2 aliphatic rings. The van der Waals surface area contributed by atoms with E-state index >= 15 is 0 Å². The Hall–Kier alpha value is -3.61. The Morgan fingerprint density at radius 1 is 1.00 bits per heavy atom. The van der Waals surface area contributed by atoms with E-state index in [0.717, 1.165) is 42.0 Å². The van der Waals surface area contributed by atoms with Crippen LogP contribution in [0.2, 0.25) is 5.02 Å². The maximum atomic E-state index is 13.2. The van der Waals surface area contributed by atoms with E-state index in [0.29, 0.717) is 28.4 Å². The molecule has 6 nitrogen and oxygen atoms in total. The highest BCUT2D eigenvalue weighted by atomic mass is 35.5. The standard InChI is InChI=1S/C29H28ClN3O3/c30-22-9-12-24-25(17-22)32-29(36)27(24)28(21-5-3-4-19(16-21)8-13-26(34)35)31-23-10-6-20(7-11-23)18-33-14-1-2-15-33/h3-7,9-12,16-17,31H,1-2,8,13-15,18H2,(H,32,36)(H,34,35). The molecule has 36 heavy (non-hydrogen) atoms. The van der Waals surface area contributed by atoms with Crippen molar-refractivity contribution >= 4 is 46.1 Å². The van der Waals surface area contributed by atoms with Crippen molar-refractivity contribution in [2.24, 2.45) is 0 Å². The molecule has 1 amide bonds. The van der Waals surface area contributed by atoms with Crippen molar-refractivity contribution < 1.29 is 14.7 Å². The third-order valence-electron chi connectivity index (χ3n) is 6.65. The number of aryl methyl sites for hydroxylation is 1. The van der Waals surface area contributed by atoms with E-state index in [9.17, 15) is 9.59 Å². The number of benzene rings is 3. The summed E-state index contributed by atoms with van der Waals surface area (Å²) < 4.78 is 0. The number of fused-ring (bicyclic) bond motifs is 1. The smallest absolute Gasteiger partial charge is 0.303 e. The lowest BCUT2D eigenvalue weighted by atomic mass is 9.97. The lowest BCUT2D eigenvalue weighted by molar-refractivity contribution is -0.137. The van der Waals surface area contributed by atoms with Gasteiger partial charge in [-0.3, -0.25) is 14.5 Å². The number of carboxylic acids is 1. The summed E-state index contributed by atoms with van der Waals surface area (Å²) in [7, 11) is 0. The van der Waals surface area contributed by atoms with Crippen LogP contribution < -0.4 is 10.6 Å². The lowest BCUT2D eigenvalue weighted by Gasteiger charge is -2.17. The normalized spacial score (nSPS) is 16.5. The Morgan fingerprint density at radius 3 is 2.53 bits per heavy atom. The van der Waals surface area contributed by atoms with Gasteiger partial charge < -0.3 is 15.7 Å². The number of rotatable bonds is 8. The molecule has 7 heteroatoms. The molecule has 0 aliphatic carbocycles. The second-order valence-electron chi connectivity index (χ2n) is 9.29. The minimum Gasteiger partial charge on any atom is -0.481 e. The molecule has 0 saturated carbocycles. The summed E-state index contributed by atoms with van der Waals surface area (Å²) in [6, 6.07) is 21.4. The zero-order chi connectivity index (χ0) is 25.1. The van der Waals surface area contributed by atoms with Crippen molar-refractivity contribution in [2.75, 3.05) is 23.7 Å². The van der Waals surface area contributed by atoms with Gasteiger partial charge in [0.15, 0.2) is 0 Å². The lowest BCUT2D eigenvalue weighted by Crippen LogP contribution is -2.18. The van der Waals surface area contributed by atoms with Crippen LogP contribution in [0.4, 0.5) is 11.4 Å². The molecule has 0 aromatic heterocycles. The first-order valence-corrected chi connectivity index (χ1v) is 12.6. The monoisotopic (exact) mass is 501 g/mol. The highest BCUT2D eigenvalue weighted by Crippen LogP contribution is 2.39. The summed E-state index contributed by atoms with van der Waals surface area (Å²) in [4.78, 5) is 26.7. The summed E-state index contributed by atoms with van der Waals surface area (Å²) >= 11 is 6.17. The third kappa shape index (κ3) is 5.45. The Balaban J connectivity index is 1.51. The molecule has 0 unspecified atom stereocenters. The first-order chi connectivity index (χ1) is 17.5. The fourth-order valence-corrected chi connectivity index (χ4v) is 5.01. The average Bonchev–Trinajstić information content (AvgIpc) is 3.49. The second kappa shape index (κ2) is 10.6. The van der Waals surface area contributed by atoms with Gasteiger partial charge in [-0.1, -0.05) is 48.0 Å². The third-order valence-corrected chi connectivity index (χ3v) is 6.88. The number of aliphatic carboxylic acids is 1. The largest absolute Gasteiger partial charge is 0.481 e. The van der Waals surface area contributed by atoms with Crippen LogP contribution in [0.5, 0.6) is 0 Å². The molecule has 2 heterocycles. The number of carboxylic acid groups (broad SMARTS) is 1. The Morgan fingerprint density at radius 2 is 1.78 bits per heavy atom. The number of amides is 1. The number of nitrogens with one attached hydrogen (secondary N) is 2. The van der Waals surface area contributed by atoms with Crippen molar-refractivity contribution in [1.82, 2.24) is 4.90 Å².